The lowest BCUT2D eigenvalue weighted by molar-refractivity contribution is -0.145. The Labute approximate surface area is 271 Å². The molecule has 11 heteroatoms. The standard InChI is InChI=1S/C35H49N3O8/c1-21(9-12-30-22(2)15-29(24(4)45-30)38-32(40)14-11-23(3)44-25(5)39)10-13-31-34(42)35(20-43-35)18-28(46-31)17-33(41)37-19-26-7-6-8-27(36)16-26/h6-11,13-14,16,22-24,28-31,34,42H,12,15,17-20,36H2,1-5H3,(H,37,41)(H,38,40)/b13-10+,14-11?,21-9+/t22-,23?,24+,28+,29+,30-,31+,34+,35+/m0/s1. The molecule has 5 N–H and O–H groups in total. The molecule has 3 fully saturated rings. The highest BCUT2D eigenvalue weighted by molar-refractivity contribution is 5.87. The Balaban J connectivity index is 1.25. The fourth-order valence-corrected chi connectivity index (χ4v) is 6.07. The number of hydrogen-bond donors (Lipinski definition) is 4. The number of nitrogens with two attached hydrogens (primary N) is 1. The van der Waals surface area contributed by atoms with Crippen molar-refractivity contribution in [2.75, 3.05) is 12.3 Å². The summed E-state index contributed by atoms with van der Waals surface area (Å²) < 4.78 is 23.2. The van der Waals surface area contributed by atoms with Crippen molar-refractivity contribution in [2.45, 2.75) is 115 Å². The van der Waals surface area contributed by atoms with Crippen molar-refractivity contribution in [2.24, 2.45) is 5.92 Å². The van der Waals surface area contributed by atoms with E-state index in [9.17, 15) is 19.5 Å². The van der Waals surface area contributed by atoms with E-state index >= 15 is 0 Å². The number of esters is 1. The van der Waals surface area contributed by atoms with Crippen LogP contribution < -0.4 is 16.4 Å². The molecule has 1 aromatic carbocycles. The monoisotopic (exact) mass is 639 g/mol. The number of allylic oxidation sites excluding steroid dienone is 2. The van der Waals surface area contributed by atoms with Gasteiger partial charge in [0.2, 0.25) is 11.8 Å². The third-order valence-electron chi connectivity index (χ3n) is 8.78. The summed E-state index contributed by atoms with van der Waals surface area (Å²) in [7, 11) is 0. The van der Waals surface area contributed by atoms with Gasteiger partial charge in [0.25, 0.3) is 0 Å². The molecular weight excluding hydrogens is 590 g/mol. The van der Waals surface area contributed by atoms with Crippen LogP contribution in [0.25, 0.3) is 0 Å². The minimum atomic E-state index is -0.822. The zero-order valence-electron chi connectivity index (χ0n) is 27.4. The topological polar surface area (TPSA) is 162 Å². The van der Waals surface area contributed by atoms with E-state index in [0.717, 1.165) is 17.6 Å². The van der Waals surface area contributed by atoms with Crippen molar-refractivity contribution in [3.8, 4) is 0 Å². The van der Waals surface area contributed by atoms with Crippen LogP contribution in [0.5, 0.6) is 0 Å². The van der Waals surface area contributed by atoms with Gasteiger partial charge in [-0.25, -0.2) is 0 Å². The van der Waals surface area contributed by atoms with Crippen LogP contribution >= 0.6 is 0 Å². The molecule has 0 radical (unpaired) electrons. The van der Waals surface area contributed by atoms with Gasteiger partial charge in [-0.2, -0.15) is 0 Å². The smallest absolute Gasteiger partial charge is 0.303 e. The number of aliphatic hydroxyl groups is 1. The number of aliphatic hydroxyl groups excluding tert-OH is 1. The highest BCUT2D eigenvalue weighted by atomic mass is 16.6. The Bertz CT molecular complexity index is 1320. The lowest BCUT2D eigenvalue weighted by Gasteiger charge is -2.39. The average molecular weight is 640 g/mol. The van der Waals surface area contributed by atoms with Crippen LogP contribution in [0.15, 0.2) is 60.2 Å². The number of rotatable bonds is 12. The number of ether oxygens (including phenoxy) is 4. The van der Waals surface area contributed by atoms with E-state index in [4.69, 9.17) is 24.7 Å². The van der Waals surface area contributed by atoms with Gasteiger partial charge in [0.1, 0.15) is 23.9 Å². The van der Waals surface area contributed by atoms with Crippen LogP contribution in [0.4, 0.5) is 5.69 Å². The number of nitrogens with one attached hydrogen (secondary N) is 2. The van der Waals surface area contributed by atoms with E-state index < -0.39 is 29.9 Å². The molecule has 0 aromatic heterocycles. The molecule has 252 valence electrons. The number of anilines is 1. The van der Waals surface area contributed by atoms with Crippen molar-refractivity contribution in [1.29, 1.82) is 0 Å². The van der Waals surface area contributed by atoms with Crippen LogP contribution in [-0.4, -0.2) is 77.8 Å². The van der Waals surface area contributed by atoms with Crippen LogP contribution in [0.3, 0.4) is 0 Å². The van der Waals surface area contributed by atoms with Crippen LogP contribution in [0, 0.1) is 5.92 Å². The third kappa shape index (κ3) is 10.2. The molecule has 1 spiro atoms. The average Bonchev–Trinajstić information content (AvgIpc) is 3.76. The Hall–Kier alpha value is -3.51. The predicted molar refractivity (Wildman–Crippen MR) is 173 cm³/mol. The summed E-state index contributed by atoms with van der Waals surface area (Å²) in [6.45, 7) is 9.90. The maximum atomic E-state index is 12.7. The molecule has 0 saturated carbocycles. The zero-order chi connectivity index (χ0) is 33.4. The van der Waals surface area contributed by atoms with Gasteiger partial charge >= 0.3 is 5.97 Å². The summed E-state index contributed by atoms with van der Waals surface area (Å²) in [5.41, 5.74) is 7.72. The largest absolute Gasteiger partial charge is 0.459 e. The first-order valence-corrected chi connectivity index (χ1v) is 16.1. The summed E-state index contributed by atoms with van der Waals surface area (Å²) in [4.78, 5) is 36.2. The number of amides is 2. The predicted octanol–water partition coefficient (Wildman–Crippen LogP) is 3.26. The fourth-order valence-electron chi connectivity index (χ4n) is 6.07. The Morgan fingerprint density at radius 2 is 1.96 bits per heavy atom. The van der Waals surface area contributed by atoms with Crippen molar-refractivity contribution in [3.05, 3.63) is 65.8 Å². The van der Waals surface area contributed by atoms with Gasteiger partial charge in [-0.15, -0.1) is 0 Å². The highest BCUT2D eigenvalue weighted by Gasteiger charge is 2.58. The van der Waals surface area contributed by atoms with E-state index in [-0.39, 0.29) is 48.5 Å². The first-order valence-electron chi connectivity index (χ1n) is 16.1. The highest BCUT2D eigenvalue weighted by Crippen LogP contribution is 2.43. The number of carbonyl (C=O) groups excluding carboxylic acids is 3. The summed E-state index contributed by atoms with van der Waals surface area (Å²) in [6, 6.07) is 7.25. The third-order valence-corrected chi connectivity index (χ3v) is 8.78. The minimum absolute atomic E-state index is 0.0130. The SMILES string of the molecule is CC(=O)OC(C)C=CC(=O)N[C@@H]1C[C@H](C)[C@H](C/C=C(C)/C=C/[C@H]2O[C@H](CC(=O)NCc3cccc(N)c3)C[C@@]3(CO3)[C@@H]2O)O[C@@H]1C. The molecule has 9 atom stereocenters. The Morgan fingerprint density at radius 3 is 2.65 bits per heavy atom. The number of epoxide rings is 1. The van der Waals surface area contributed by atoms with Crippen molar-refractivity contribution < 1.29 is 38.4 Å². The Morgan fingerprint density at radius 1 is 1.20 bits per heavy atom. The van der Waals surface area contributed by atoms with Crippen LogP contribution in [0.1, 0.15) is 65.9 Å². The molecule has 0 bridgehead atoms. The van der Waals surface area contributed by atoms with Gasteiger partial charge in [-0.1, -0.05) is 42.9 Å². The Kier molecular flexibility index (Phi) is 12.2. The van der Waals surface area contributed by atoms with Gasteiger partial charge in [0.05, 0.1) is 37.4 Å². The molecule has 3 aliphatic rings. The molecule has 3 saturated heterocycles. The molecule has 0 aliphatic carbocycles. The second-order valence-electron chi connectivity index (χ2n) is 12.9. The van der Waals surface area contributed by atoms with E-state index in [0.29, 0.717) is 31.7 Å². The van der Waals surface area contributed by atoms with Gasteiger partial charge in [-0.3, -0.25) is 14.4 Å². The first kappa shape index (κ1) is 35.3. The maximum Gasteiger partial charge on any atom is 0.303 e. The molecule has 3 aliphatic heterocycles. The molecule has 3 heterocycles. The number of carbonyl (C=O) groups is 3. The van der Waals surface area contributed by atoms with Crippen molar-refractivity contribution in [3.63, 3.8) is 0 Å². The minimum Gasteiger partial charge on any atom is -0.459 e. The normalized spacial score (nSPS) is 32.0. The number of benzene rings is 1. The van der Waals surface area contributed by atoms with Gasteiger partial charge in [0, 0.05) is 31.7 Å². The van der Waals surface area contributed by atoms with Crippen LogP contribution in [0.2, 0.25) is 0 Å². The summed E-state index contributed by atoms with van der Waals surface area (Å²) in [6.07, 6.45) is 8.41. The molecule has 11 nitrogen and oxygen atoms in total. The molecule has 46 heavy (non-hydrogen) atoms. The second kappa shape index (κ2) is 15.9. The number of hydrogen-bond acceptors (Lipinski definition) is 9. The molecule has 4 rings (SSSR count). The quantitative estimate of drug-likeness (QED) is 0.0885. The summed E-state index contributed by atoms with van der Waals surface area (Å²) >= 11 is 0. The first-order chi connectivity index (χ1) is 21.8. The van der Waals surface area contributed by atoms with E-state index in [1.54, 1.807) is 19.1 Å². The van der Waals surface area contributed by atoms with E-state index in [2.05, 4.69) is 23.6 Å². The maximum absolute atomic E-state index is 12.7. The zero-order valence-corrected chi connectivity index (χ0v) is 27.4. The van der Waals surface area contributed by atoms with Crippen LogP contribution in [-0.2, 0) is 39.9 Å². The second-order valence-corrected chi connectivity index (χ2v) is 12.9. The van der Waals surface area contributed by atoms with Gasteiger partial charge in [-0.05, 0) is 63.3 Å². The van der Waals surface area contributed by atoms with Gasteiger partial charge < -0.3 is 40.4 Å². The van der Waals surface area contributed by atoms with E-state index in [1.165, 1.54) is 13.0 Å². The summed E-state index contributed by atoms with van der Waals surface area (Å²) in [5.74, 6) is -0.580. The molecule has 1 aromatic rings. The van der Waals surface area contributed by atoms with Gasteiger partial charge in [0.15, 0.2) is 0 Å². The van der Waals surface area contributed by atoms with Crippen molar-refractivity contribution in [1.82, 2.24) is 10.6 Å². The summed E-state index contributed by atoms with van der Waals surface area (Å²) in [5, 5.41) is 16.9. The lowest BCUT2D eigenvalue weighted by Crippen LogP contribution is -2.50. The lowest BCUT2D eigenvalue weighted by atomic mass is 9.87. The van der Waals surface area contributed by atoms with E-state index in [1.807, 2.05) is 44.2 Å². The number of nitrogen functional groups attached to an aromatic ring is 1. The molecule has 1 unspecified atom stereocenters. The molecule has 2 amide bonds. The molecular formula is C35H49N3O8. The fraction of sp³-hybridized carbons (Fsp3) is 0.571. The van der Waals surface area contributed by atoms with Crippen molar-refractivity contribution >= 4 is 23.5 Å².